The first kappa shape index (κ1) is 6.44. The molecule has 2 N–H and O–H groups in total. The Morgan fingerprint density at radius 3 is 3.11 bits per heavy atom. The molecular formula is C4H4N2OS2. The summed E-state index contributed by atoms with van der Waals surface area (Å²) in [6.07, 6.45) is 0. The molecule has 1 heterocycles. The average Bonchev–Trinajstić information content (AvgIpc) is 2.17. The zero-order valence-electron chi connectivity index (χ0n) is 4.40. The number of nitrogens with zero attached hydrogens (tertiary/aromatic N) is 1. The van der Waals surface area contributed by atoms with Crippen LogP contribution in [0, 0.1) is 0 Å². The average molecular weight is 160 g/mol. The zero-order chi connectivity index (χ0) is 6.69. The Bertz CT molecular complexity index is 251. The molecule has 0 bridgehead atoms. The van der Waals surface area contributed by atoms with Gasteiger partial charge in [0.25, 0.3) is 0 Å². The van der Waals surface area contributed by atoms with Crippen molar-refractivity contribution in [2.75, 3.05) is 5.73 Å². The van der Waals surface area contributed by atoms with Crippen LogP contribution in [-0.4, -0.2) is 14.6 Å². The number of hydrogen-bond acceptors (Lipinski definition) is 4. The van der Waals surface area contributed by atoms with Gasteiger partial charge < -0.3 is 5.73 Å². The molecule has 48 valence electrons. The van der Waals surface area contributed by atoms with Gasteiger partial charge in [0.2, 0.25) is 0 Å². The van der Waals surface area contributed by atoms with E-state index in [0.717, 1.165) is 0 Å². The fourth-order valence-electron chi connectivity index (χ4n) is 0.404. The molecule has 0 atom stereocenters. The van der Waals surface area contributed by atoms with E-state index in [1.165, 1.54) is 16.7 Å². The van der Waals surface area contributed by atoms with Crippen LogP contribution in [0.15, 0.2) is 5.38 Å². The highest BCUT2D eigenvalue weighted by Gasteiger charge is 1.91. The molecule has 0 aliphatic heterocycles. The van der Waals surface area contributed by atoms with Gasteiger partial charge in [0, 0.05) is 5.38 Å². The van der Waals surface area contributed by atoms with Gasteiger partial charge in [-0.3, -0.25) is 0 Å². The summed E-state index contributed by atoms with van der Waals surface area (Å²) < 4.78 is 9.89. The molecule has 0 unspecified atom stereocenters. The molecule has 1 aromatic rings. The quantitative estimate of drug-likeness (QED) is 0.592. The molecular weight excluding hydrogens is 156 g/mol. The second-order valence-electron chi connectivity index (χ2n) is 1.32. The van der Waals surface area contributed by atoms with Crippen molar-refractivity contribution in [3.63, 3.8) is 0 Å². The van der Waals surface area contributed by atoms with Crippen molar-refractivity contribution < 1.29 is 4.21 Å². The van der Waals surface area contributed by atoms with E-state index < -0.39 is 0 Å². The van der Waals surface area contributed by atoms with Crippen molar-refractivity contribution in [2.45, 2.75) is 0 Å². The van der Waals surface area contributed by atoms with E-state index in [4.69, 9.17) is 5.73 Å². The predicted octanol–water partition coefficient (Wildman–Crippen LogP) is 0.0886. The van der Waals surface area contributed by atoms with E-state index >= 15 is 0 Å². The Balaban J connectivity index is 2.97. The van der Waals surface area contributed by atoms with Gasteiger partial charge in [-0.15, -0.1) is 11.3 Å². The number of rotatable bonds is 1. The summed E-state index contributed by atoms with van der Waals surface area (Å²) in [4.78, 5) is 3.82. The largest absolute Gasteiger partial charge is 0.375 e. The van der Waals surface area contributed by atoms with Gasteiger partial charge in [0.15, 0.2) is 5.13 Å². The smallest absolute Gasteiger partial charge is 0.180 e. The Kier molecular flexibility index (Phi) is 1.96. The molecule has 5 heteroatoms. The maximum Gasteiger partial charge on any atom is 0.180 e. The second-order valence-corrected chi connectivity index (χ2v) is 2.64. The summed E-state index contributed by atoms with van der Waals surface area (Å²) in [5.74, 6) is 0. The fourth-order valence-corrected chi connectivity index (χ4v) is 1.23. The topological polar surface area (TPSA) is 56.0 Å². The number of anilines is 1. The minimum Gasteiger partial charge on any atom is -0.375 e. The molecule has 0 saturated carbocycles. The van der Waals surface area contributed by atoms with E-state index in [2.05, 4.69) is 4.98 Å². The number of thiazole rings is 1. The second kappa shape index (κ2) is 2.75. The third-order valence-corrected chi connectivity index (χ3v) is 1.74. The van der Waals surface area contributed by atoms with Gasteiger partial charge in [0.05, 0.1) is 22.3 Å². The van der Waals surface area contributed by atoms with Gasteiger partial charge in [-0.1, -0.05) is 0 Å². The summed E-state index contributed by atoms with van der Waals surface area (Å²) >= 11 is 1.71. The van der Waals surface area contributed by atoms with Crippen LogP contribution in [0.2, 0.25) is 0 Å². The van der Waals surface area contributed by atoms with E-state index in [0.29, 0.717) is 22.1 Å². The SMILES string of the molecule is Nc1nc(C=S=O)cs1. The van der Waals surface area contributed by atoms with E-state index in [-0.39, 0.29) is 0 Å². The van der Waals surface area contributed by atoms with Crippen LogP contribution >= 0.6 is 11.3 Å². The minimum absolute atomic E-state index is 0.382. The van der Waals surface area contributed by atoms with Crippen molar-refractivity contribution in [3.05, 3.63) is 11.1 Å². The lowest BCUT2D eigenvalue weighted by Crippen LogP contribution is -1.83. The van der Waals surface area contributed by atoms with Gasteiger partial charge in [-0.25, -0.2) is 9.19 Å². The first-order valence-corrected chi connectivity index (χ1v) is 3.84. The van der Waals surface area contributed by atoms with Crippen LogP contribution in [0.1, 0.15) is 5.69 Å². The Morgan fingerprint density at radius 1 is 1.89 bits per heavy atom. The summed E-state index contributed by atoms with van der Waals surface area (Å²) in [6, 6.07) is 0. The van der Waals surface area contributed by atoms with Crippen LogP contribution in [-0.2, 0) is 11.3 Å². The predicted molar refractivity (Wildman–Crippen MR) is 39.8 cm³/mol. The third kappa shape index (κ3) is 1.62. The van der Waals surface area contributed by atoms with Crippen molar-refractivity contribution >= 4 is 33.1 Å². The molecule has 3 nitrogen and oxygen atoms in total. The molecule has 0 aromatic carbocycles. The van der Waals surface area contributed by atoms with Crippen molar-refractivity contribution in [3.8, 4) is 0 Å². The number of aromatic nitrogens is 1. The molecule has 0 fully saturated rings. The molecule has 0 radical (unpaired) electrons. The van der Waals surface area contributed by atoms with Crippen molar-refractivity contribution in [2.24, 2.45) is 0 Å². The fraction of sp³-hybridized carbons (Fsp3) is 0. The van der Waals surface area contributed by atoms with Gasteiger partial charge >= 0.3 is 0 Å². The van der Waals surface area contributed by atoms with Crippen molar-refractivity contribution in [1.82, 2.24) is 4.98 Å². The Labute approximate surface area is 59.6 Å². The van der Waals surface area contributed by atoms with Gasteiger partial charge in [-0.05, 0) is 0 Å². The molecule has 1 aromatic heterocycles. The van der Waals surface area contributed by atoms with Crippen LogP contribution in [0.3, 0.4) is 0 Å². The molecule has 1 rings (SSSR count). The number of hydrogen-bond donors (Lipinski definition) is 1. The lowest BCUT2D eigenvalue weighted by atomic mass is 10.6. The number of nitrogens with two attached hydrogens (primary N) is 1. The Hall–Kier alpha value is -0.680. The van der Waals surface area contributed by atoms with Gasteiger partial charge in [-0.2, -0.15) is 0 Å². The van der Waals surface area contributed by atoms with Crippen LogP contribution in [0.25, 0.3) is 0 Å². The molecule has 0 aliphatic rings. The third-order valence-electron chi connectivity index (χ3n) is 0.709. The Morgan fingerprint density at radius 2 is 2.67 bits per heavy atom. The molecule has 0 saturated heterocycles. The van der Waals surface area contributed by atoms with Gasteiger partial charge in [0.1, 0.15) is 0 Å². The molecule has 0 amide bonds. The molecule has 9 heavy (non-hydrogen) atoms. The van der Waals surface area contributed by atoms with Crippen LogP contribution in [0.5, 0.6) is 0 Å². The standard InChI is InChI=1S/C4H4N2OS2/c5-4-6-3(1-8-4)2-9-7/h1-2H,(H2,5,6). The summed E-state index contributed by atoms with van der Waals surface area (Å²) in [6.45, 7) is 0. The van der Waals surface area contributed by atoms with E-state index in [1.54, 1.807) is 5.38 Å². The summed E-state index contributed by atoms with van der Waals surface area (Å²) in [7, 11) is 0. The van der Waals surface area contributed by atoms with E-state index in [1.807, 2.05) is 0 Å². The monoisotopic (exact) mass is 160 g/mol. The highest BCUT2D eigenvalue weighted by atomic mass is 32.1. The first-order valence-electron chi connectivity index (χ1n) is 2.16. The lowest BCUT2D eigenvalue weighted by molar-refractivity contribution is 0.701. The summed E-state index contributed by atoms with van der Waals surface area (Å²) in [5.41, 5.74) is 5.94. The highest BCUT2D eigenvalue weighted by molar-refractivity contribution is 7.65. The molecule has 0 spiro atoms. The maximum atomic E-state index is 9.89. The van der Waals surface area contributed by atoms with E-state index in [9.17, 15) is 4.21 Å². The minimum atomic E-state index is 0.382. The zero-order valence-corrected chi connectivity index (χ0v) is 6.04. The lowest BCUT2D eigenvalue weighted by Gasteiger charge is -1.73. The number of nitrogen functional groups attached to an aromatic ring is 1. The normalized spacial score (nSPS) is 8.89. The first-order chi connectivity index (χ1) is 4.33. The highest BCUT2D eigenvalue weighted by Crippen LogP contribution is 2.07. The summed E-state index contributed by atoms with van der Waals surface area (Å²) in [5, 5.41) is 3.64. The van der Waals surface area contributed by atoms with Crippen molar-refractivity contribution in [1.29, 1.82) is 0 Å². The molecule has 0 aliphatic carbocycles. The van der Waals surface area contributed by atoms with Crippen LogP contribution in [0.4, 0.5) is 5.13 Å². The maximum absolute atomic E-state index is 9.89. The van der Waals surface area contributed by atoms with Crippen LogP contribution < -0.4 is 5.73 Å².